The number of benzene rings is 2. The molecular formula is C24H20N2O4. The zero-order valence-corrected chi connectivity index (χ0v) is 16.5. The van der Waals surface area contributed by atoms with Crippen LogP contribution in [0.15, 0.2) is 72.6 Å². The van der Waals surface area contributed by atoms with Crippen molar-refractivity contribution in [2.75, 3.05) is 4.90 Å². The van der Waals surface area contributed by atoms with Crippen molar-refractivity contribution >= 4 is 23.1 Å². The van der Waals surface area contributed by atoms with Crippen LogP contribution < -0.4 is 4.90 Å². The number of aliphatic hydroxyl groups is 1. The number of aromatic hydroxyl groups is 1. The van der Waals surface area contributed by atoms with Gasteiger partial charge in [0.2, 0.25) is 0 Å². The lowest BCUT2D eigenvalue weighted by Gasteiger charge is -2.26. The number of phenols is 1. The molecule has 3 aromatic rings. The molecule has 0 saturated carbocycles. The number of aryl methyl sites for hydroxylation is 2. The highest BCUT2D eigenvalue weighted by Gasteiger charge is 2.47. The fourth-order valence-electron chi connectivity index (χ4n) is 3.75. The van der Waals surface area contributed by atoms with Gasteiger partial charge in [0.05, 0.1) is 17.3 Å². The van der Waals surface area contributed by atoms with Gasteiger partial charge in [0.25, 0.3) is 11.7 Å². The van der Waals surface area contributed by atoms with Gasteiger partial charge in [0.15, 0.2) is 0 Å². The highest BCUT2D eigenvalue weighted by atomic mass is 16.3. The normalized spacial score (nSPS) is 18.1. The van der Waals surface area contributed by atoms with Gasteiger partial charge in [-0.25, -0.2) is 0 Å². The second-order valence-corrected chi connectivity index (χ2v) is 7.26. The van der Waals surface area contributed by atoms with Crippen molar-refractivity contribution < 1.29 is 19.8 Å². The van der Waals surface area contributed by atoms with E-state index in [4.69, 9.17) is 0 Å². The molecule has 2 aromatic carbocycles. The van der Waals surface area contributed by atoms with Crippen molar-refractivity contribution in [3.05, 3.63) is 94.8 Å². The number of para-hydroxylation sites is 2. The maximum atomic E-state index is 13.1. The SMILES string of the molecule is Cc1ccc(C)c(/C(O)=C2\C(=O)C(=O)N(c3ccccc3O)C2c2ccncc2)c1. The number of rotatable bonds is 3. The van der Waals surface area contributed by atoms with E-state index in [9.17, 15) is 19.8 Å². The quantitative estimate of drug-likeness (QED) is 0.394. The van der Waals surface area contributed by atoms with Gasteiger partial charge >= 0.3 is 0 Å². The summed E-state index contributed by atoms with van der Waals surface area (Å²) in [5.74, 6) is -2.00. The first kappa shape index (κ1) is 19.4. The van der Waals surface area contributed by atoms with Crippen molar-refractivity contribution in [1.29, 1.82) is 0 Å². The largest absolute Gasteiger partial charge is 0.507 e. The summed E-state index contributed by atoms with van der Waals surface area (Å²) in [6.45, 7) is 3.71. The van der Waals surface area contributed by atoms with E-state index in [0.717, 1.165) is 11.1 Å². The average molecular weight is 400 g/mol. The molecule has 1 aliphatic heterocycles. The predicted molar refractivity (Wildman–Crippen MR) is 113 cm³/mol. The number of aliphatic hydroxyl groups excluding tert-OH is 1. The molecule has 1 saturated heterocycles. The Kier molecular flexibility index (Phi) is 4.83. The Morgan fingerprint density at radius 2 is 1.70 bits per heavy atom. The van der Waals surface area contributed by atoms with Gasteiger partial charge in [-0.05, 0) is 55.3 Å². The van der Waals surface area contributed by atoms with Crippen LogP contribution in [0.5, 0.6) is 5.75 Å². The zero-order valence-electron chi connectivity index (χ0n) is 16.5. The highest BCUT2D eigenvalue weighted by Crippen LogP contribution is 2.44. The number of hydrogen-bond acceptors (Lipinski definition) is 5. The predicted octanol–water partition coefficient (Wildman–Crippen LogP) is 4.03. The molecule has 6 nitrogen and oxygen atoms in total. The van der Waals surface area contributed by atoms with Crippen molar-refractivity contribution in [3.8, 4) is 5.75 Å². The minimum atomic E-state index is -0.902. The summed E-state index contributed by atoms with van der Waals surface area (Å²) in [4.78, 5) is 31.4. The standard InChI is InChI=1S/C24H20N2O4/c1-14-7-8-15(2)17(13-14)22(28)20-21(16-9-11-25-12-10-16)26(24(30)23(20)29)18-5-3-4-6-19(18)27/h3-13,21,27-28H,1-2H3/b22-20+. The van der Waals surface area contributed by atoms with Gasteiger partial charge in [-0.15, -0.1) is 0 Å². The van der Waals surface area contributed by atoms with Crippen LogP contribution in [-0.4, -0.2) is 26.9 Å². The van der Waals surface area contributed by atoms with Gasteiger partial charge < -0.3 is 10.2 Å². The summed E-state index contributed by atoms with van der Waals surface area (Å²) in [6, 6.07) is 14.3. The maximum Gasteiger partial charge on any atom is 0.300 e. The minimum Gasteiger partial charge on any atom is -0.507 e. The number of pyridine rings is 1. The second-order valence-electron chi connectivity index (χ2n) is 7.26. The summed E-state index contributed by atoms with van der Waals surface area (Å²) in [5, 5.41) is 21.5. The van der Waals surface area contributed by atoms with Gasteiger partial charge in [0, 0.05) is 18.0 Å². The number of carbonyl (C=O) groups excluding carboxylic acids is 2. The second kappa shape index (κ2) is 7.48. The van der Waals surface area contributed by atoms with Crippen LogP contribution in [0.4, 0.5) is 5.69 Å². The average Bonchev–Trinajstić information content (AvgIpc) is 3.01. The summed E-state index contributed by atoms with van der Waals surface area (Å²) in [5.41, 5.74) is 2.95. The van der Waals surface area contributed by atoms with E-state index >= 15 is 0 Å². The molecule has 1 aromatic heterocycles. The van der Waals surface area contributed by atoms with Crippen molar-refractivity contribution in [3.63, 3.8) is 0 Å². The summed E-state index contributed by atoms with van der Waals surface area (Å²) in [7, 11) is 0. The Morgan fingerprint density at radius 1 is 1.00 bits per heavy atom. The topological polar surface area (TPSA) is 90.7 Å². The van der Waals surface area contributed by atoms with Gasteiger partial charge in [-0.1, -0.05) is 29.8 Å². The van der Waals surface area contributed by atoms with Gasteiger partial charge in [-0.2, -0.15) is 0 Å². The molecule has 4 rings (SSSR count). The highest BCUT2D eigenvalue weighted by molar-refractivity contribution is 6.51. The number of ketones is 1. The third kappa shape index (κ3) is 3.12. The summed E-state index contributed by atoms with van der Waals surface area (Å²) in [6.07, 6.45) is 3.11. The molecule has 0 radical (unpaired) electrons. The molecule has 0 aliphatic carbocycles. The molecule has 1 aliphatic rings. The molecule has 1 amide bonds. The van der Waals surface area contributed by atoms with Crippen molar-refractivity contribution in [1.82, 2.24) is 4.98 Å². The molecular weight excluding hydrogens is 380 g/mol. The van der Waals surface area contributed by atoms with Crippen molar-refractivity contribution in [2.24, 2.45) is 0 Å². The monoisotopic (exact) mass is 400 g/mol. The van der Waals surface area contributed by atoms with E-state index in [0.29, 0.717) is 11.1 Å². The molecule has 2 heterocycles. The lowest BCUT2D eigenvalue weighted by atomic mass is 9.93. The molecule has 150 valence electrons. The number of aromatic nitrogens is 1. The minimum absolute atomic E-state index is 0.0249. The Balaban J connectivity index is 2.00. The third-order valence-corrected chi connectivity index (χ3v) is 5.26. The lowest BCUT2D eigenvalue weighted by molar-refractivity contribution is -0.132. The number of anilines is 1. The molecule has 0 bridgehead atoms. The van der Waals surface area contributed by atoms with Crippen LogP contribution in [0.25, 0.3) is 5.76 Å². The number of Topliss-reactive ketones (excluding diaryl/α,β-unsaturated/α-hetero) is 1. The van der Waals surface area contributed by atoms with Crippen LogP contribution in [0.3, 0.4) is 0 Å². The molecule has 6 heteroatoms. The Hall–Kier alpha value is -3.93. The van der Waals surface area contributed by atoms with Crippen LogP contribution in [0.1, 0.15) is 28.3 Å². The van der Waals surface area contributed by atoms with E-state index < -0.39 is 17.7 Å². The van der Waals surface area contributed by atoms with E-state index in [1.165, 1.54) is 11.0 Å². The smallest absolute Gasteiger partial charge is 0.300 e. The Labute approximate surface area is 173 Å². The number of nitrogens with zero attached hydrogens (tertiary/aromatic N) is 2. The van der Waals surface area contributed by atoms with Crippen LogP contribution in [0, 0.1) is 13.8 Å². The lowest BCUT2D eigenvalue weighted by Crippen LogP contribution is -2.29. The van der Waals surface area contributed by atoms with E-state index in [1.807, 2.05) is 26.0 Å². The molecule has 1 atom stereocenters. The van der Waals surface area contributed by atoms with E-state index in [-0.39, 0.29) is 22.8 Å². The van der Waals surface area contributed by atoms with Crippen LogP contribution in [0.2, 0.25) is 0 Å². The van der Waals surface area contributed by atoms with Crippen LogP contribution >= 0.6 is 0 Å². The van der Waals surface area contributed by atoms with E-state index in [2.05, 4.69) is 4.98 Å². The Bertz CT molecular complexity index is 1180. The number of hydrogen-bond donors (Lipinski definition) is 2. The molecule has 1 unspecified atom stereocenters. The molecule has 1 fully saturated rings. The number of amides is 1. The molecule has 30 heavy (non-hydrogen) atoms. The molecule has 0 spiro atoms. The first-order valence-electron chi connectivity index (χ1n) is 9.46. The number of carbonyl (C=O) groups is 2. The van der Waals surface area contributed by atoms with Gasteiger partial charge in [-0.3, -0.25) is 19.5 Å². The van der Waals surface area contributed by atoms with Crippen molar-refractivity contribution in [2.45, 2.75) is 19.9 Å². The fraction of sp³-hybridized carbons (Fsp3) is 0.125. The first-order chi connectivity index (χ1) is 14.4. The number of phenolic OH excluding ortho intramolecular Hbond substituents is 1. The summed E-state index contributed by atoms with van der Waals surface area (Å²) < 4.78 is 0. The fourth-order valence-corrected chi connectivity index (χ4v) is 3.75. The molecule has 2 N–H and O–H groups in total. The first-order valence-corrected chi connectivity index (χ1v) is 9.46. The maximum absolute atomic E-state index is 13.1. The Morgan fingerprint density at radius 3 is 2.40 bits per heavy atom. The van der Waals surface area contributed by atoms with Gasteiger partial charge in [0.1, 0.15) is 11.5 Å². The third-order valence-electron chi connectivity index (χ3n) is 5.26. The van der Waals surface area contributed by atoms with Crippen LogP contribution in [-0.2, 0) is 9.59 Å². The zero-order chi connectivity index (χ0) is 21.4. The summed E-state index contributed by atoms with van der Waals surface area (Å²) >= 11 is 0. The van der Waals surface area contributed by atoms with E-state index in [1.54, 1.807) is 48.8 Å².